The van der Waals surface area contributed by atoms with Crippen LogP contribution < -0.4 is 0 Å². The van der Waals surface area contributed by atoms with Crippen molar-refractivity contribution in [2.24, 2.45) is 5.41 Å². The Bertz CT molecular complexity index is 700. The highest BCUT2D eigenvalue weighted by molar-refractivity contribution is 9.11. The van der Waals surface area contributed by atoms with Gasteiger partial charge in [-0.15, -0.1) is 0 Å². The van der Waals surface area contributed by atoms with Crippen LogP contribution in [0.4, 0.5) is 0 Å². The third-order valence-corrected chi connectivity index (χ3v) is 4.91. The summed E-state index contributed by atoms with van der Waals surface area (Å²) in [6.45, 7) is 4.31. The number of carbonyl (C=O) groups excluding carboxylic acids is 1. The first-order valence-electron chi connectivity index (χ1n) is 6.56. The molecular formula is C16H15Br2NO. The molecule has 0 aliphatic heterocycles. The number of carbonyl (C=O) groups is 1. The maximum atomic E-state index is 12.3. The maximum Gasteiger partial charge on any atom is 0.165 e. The van der Waals surface area contributed by atoms with Crippen molar-refractivity contribution in [3.05, 3.63) is 50.7 Å². The van der Waals surface area contributed by atoms with Gasteiger partial charge in [0.05, 0.1) is 5.69 Å². The summed E-state index contributed by atoms with van der Waals surface area (Å²) in [5, 5.41) is 0. The number of aromatic nitrogens is 1. The van der Waals surface area contributed by atoms with E-state index in [1.54, 1.807) is 0 Å². The number of halogens is 2. The summed E-state index contributed by atoms with van der Waals surface area (Å²) < 4.78 is 4.18. The maximum absolute atomic E-state index is 12.3. The van der Waals surface area contributed by atoms with E-state index in [0.717, 1.165) is 32.3 Å². The normalized spacial score (nSPS) is 17.1. The van der Waals surface area contributed by atoms with E-state index in [4.69, 9.17) is 0 Å². The van der Waals surface area contributed by atoms with Crippen molar-refractivity contribution < 1.29 is 4.79 Å². The molecule has 2 nitrogen and oxygen atoms in total. The van der Waals surface area contributed by atoms with Crippen LogP contribution in [0.5, 0.6) is 0 Å². The van der Waals surface area contributed by atoms with Crippen LogP contribution in [0, 0.1) is 5.41 Å². The Morgan fingerprint density at radius 2 is 1.90 bits per heavy atom. The first-order chi connectivity index (χ1) is 9.37. The van der Waals surface area contributed by atoms with Crippen LogP contribution in [0.2, 0.25) is 0 Å². The van der Waals surface area contributed by atoms with Crippen LogP contribution in [-0.4, -0.2) is 10.4 Å². The second kappa shape index (κ2) is 4.85. The third kappa shape index (κ3) is 2.40. The van der Waals surface area contributed by atoms with Gasteiger partial charge >= 0.3 is 0 Å². The molecule has 1 aliphatic carbocycles. The number of ketones is 1. The quantitative estimate of drug-likeness (QED) is 0.652. The lowest BCUT2D eigenvalue weighted by molar-refractivity contribution is 0.0911. The number of rotatable bonds is 1. The number of hydrogen-bond acceptors (Lipinski definition) is 1. The SMILES string of the molecule is CC1(C)CC(=O)c2ccn(-c3cc(Br)ccc3Br)c2C1. The fourth-order valence-corrected chi connectivity index (χ4v) is 3.63. The Labute approximate surface area is 135 Å². The van der Waals surface area contributed by atoms with Crippen LogP contribution in [0.3, 0.4) is 0 Å². The monoisotopic (exact) mass is 395 g/mol. The van der Waals surface area contributed by atoms with E-state index in [2.05, 4.69) is 56.3 Å². The summed E-state index contributed by atoms with van der Waals surface area (Å²) in [6.07, 6.45) is 3.54. The molecule has 0 radical (unpaired) electrons. The molecule has 0 fully saturated rings. The highest BCUT2D eigenvalue weighted by Gasteiger charge is 2.33. The molecular weight excluding hydrogens is 382 g/mol. The topological polar surface area (TPSA) is 22.0 Å². The molecule has 0 saturated carbocycles. The molecule has 4 heteroatoms. The summed E-state index contributed by atoms with van der Waals surface area (Å²) in [5.74, 6) is 0.251. The Balaban J connectivity index is 2.18. The van der Waals surface area contributed by atoms with E-state index in [1.807, 2.05) is 24.4 Å². The van der Waals surface area contributed by atoms with Crippen molar-refractivity contribution in [2.45, 2.75) is 26.7 Å². The van der Waals surface area contributed by atoms with Crippen LogP contribution in [0.25, 0.3) is 5.69 Å². The minimum atomic E-state index is 0.0265. The summed E-state index contributed by atoms with van der Waals surface area (Å²) in [4.78, 5) is 12.3. The molecule has 104 valence electrons. The second-order valence-corrected chi connectivity index (χ2v) is 7.85. The van der Waals surface area contributed by atoms with Gasteiger partial charge in [0.25, 0.3) is 0 Å². The fraction of sp³-hybridized carbons (Fsp3) is 0.312. The van der Waals surface area contributed by atoms with E-state index < -0.39 is 0 Å². The van der Waals surface area contributed by atoms with Crippen LogP contribution in [0.1, 0.15) is 36.3 Å². The second-order valence-electron chi connectivity index (χ2n) is 6.08. The van der Waals surface area contributed by atoms with Gasteiger partial charge in [0.2, 0.25) is 0 Å². The van der Waals surface area contributed by atoms with Gasteiger partial charge < -0.3 is 4.57 Å². The molecule has 20 heavy (non-hydrogen) atoms. The lowest BCUT2D eigenvalue weighted by Crippen LogP contribution is -2.27. The lowest BCUT2D eigenvalue weighted by atomic mass is 9.76. The predicted molar refractivity (Wildman–Crippen MR) is 87.6 cm³/mol. The molecule has 1 aliphatic rings. The van der Waals surface area contributed by atoms with Gasteiger partial charge in [-0.05, 0) is 52.0 Å². The molecule has 0 N–H and O–H groups in total. The highest BCUT2D eigenvalue weighted by atomic mass is 79.9. The Kier molecular flexibility index (Phi) is 3.41. The smallest absolute Gasteiger partial charge is 0.165 e. The van der Waals surface area contributed by atoms with Crippen molar-refractivity contribution in [1.82, 2.24) is 4.57 Å². The zero-order valence-electron chi connectivity index (χ0n) is 11.4. The minimum absolute atomic E-state index is 0.0265. The lowest BCUT2D eigenvalue weighted by Gasteiger charge is -2.29. The molecule has 1 aromatic heterocycles. The van der Waals surface area contributed by atoms with Crippen molar-refractivity contribution in [2.75, 3.05) is 0 Å². The van der Waals surface area contributed by atoms with Gasteiger partial charge in [0.1, 0.15) is 0 Å². The average molecular weight is 397 g/mol. The predicted octanol–water partition coefficient (Wildman–Crippen LogP) is 5.16. The van der Waals surface area contributed by atoms with Gasteiger partial charge in [-0.3, -0.25) is 4.79 Å². The molecule has 1 heterocycles. The van der Waals surface area contributed by atoms with E-state index in [0.29, 0.717) is 6.42 Å². The highest BCUT2D eigenvalue weighted by Crippen LogP contribution is 2.37. The largest absolute Gasteiger partial charge is 0.319 e. The van der Waals surface area contributed by atoms with Crippen molar-refractivity contribution >= 4 is 37.6 Å². The van der Waals surface area contributed by atoms with Crippen LogP contribution in [0.15, 0.2) is 39.4 Å². The van der Waals surface area contributed by atoms with Gasteiger partial charge in [0.15, 0.2) is 5.78 Å². The zero-order chi connectivity index (χ0) is 14.5. The number of hydrogen-bond donors (Lipinski definition) is 0. The minimum Gasteiger partial charge on any atom is -0.319 e. The Morgan fingerprint density at radius 1 is 1.15 bits per heavy atom. The molecule has 0 saturated heterocycles. The third-order valence-electron chi connectivity index (χ3n) is 3.75. The first-order valence-corrected chi connectivity index (χ1v) is 8.15. The Morgan fingerprint density at radius 3 is 2.65 bits per heavy atom. The molecule has 3 rings (SSSR count). The molecule has 0 bridgehead atoms. The standard InChI is InChI=1S/C16H15Br2NO/c1-16(2)8-14-11(15(20)9-16)5-6-19(14)13-7-10(17)3-4-12(13)18/h3-7H,8-9H2,1-2H3. The molecule has 0 unspecified atom stereocenters. The van der Waals surface area contributed by atoms with E-state index in [1.165, 1.54) is 0 Å². The number of nitrogens with zero attached hydrogens (tertiary/aromatic N) is 1. The Hall–Kier alpha value is -0.870. The van der Waals surface area contributed by atoms with Crippen molar-refractivity contribution in [3.8, 4) is 5.69 Å². The van der Waals surface area contributed by atoms with Crippen molar-refractivity contribution in [1.29, 1.82) is 0 Å². The zero-order valence-corrected chi connectivity index (χ0v) is 14.6. The van der Waals surface area contributed by atoms with Crippen LogP contribution in [-0.2, 0) is 6.42 Å². The number of benzene rings is 1. The van der Waals surface area contributed by atoms with Gasteiger partial charge in [-0.1, -0.05) is 29.8 Å². The summed E-state index contributed by atoms with van der Waals surface area (Å²) in [5.41, 5.74) is 3.07. The number of Topliss-reactive ketones (excluding diaryl/α,β-unsaturated/α-hetero) is 1. The summed E-state index contributed by atoms with van der Waals surface area (Å²) in [6, 6.07) is 8.02. The number of fused-ring (bicyclic) bond motifs is 1. The van der Waals surface area contributed by atoms with E-state index in [-0.39, 0.29) is 11.2 Å². The van der Waals surface area contributed by atoms with Crippen LogP contribution >= 0.6 is 31.9 Å². The van der Waals surface area contributed by atoms with Gasteiger partial charge in [0, 0.05) is 32.8 Å². The van der Waals surface area contributed by atoms with Crippen molar-refractivity contribution in [3.63, 3.8) is 0 Å². The van der Waals surface area contributed by atoms with Gasteiger partial charge in [-0.2, -0.15) is 0 Å². The molecule has 0 amide bonds. The summed E-state index contributed by atoms with van der Waals surface area (Å²) >= 11 is 7.11. The van der Waals surface area contributed by atoms with Gasteiger partial charge in [-0.25, -0.2) is 0 Å². The molecule has 1 aromatic carbocycles. The molecule has 2 aromatic rings. The fourth-order valence-electron chi connectivity index (χ4n) is 2.84. The molecule has 0 spiro atoms. The molecule has 0 atom stereocenters. The first kappa shape index (κ1) is 14.1. The average Bonchev–Trinajstić information content (AvgIpc) is 2.74. The van der Waals surface area contributed by atoms with E-state index in [9.17, 15) is 4.79 Å². The summed E-state index contributed by atoms with van der Waals surface area (Å²) in [7, 11) is 0. The van der Waals surface area contributed by atoms with E-state index >= 15 is 0 Å².